The molecule has 1 unspecified atom stereocenters. The summed E-state index contributed by atoms with van der Waals surface area (Å²) >= 11 is 5.28. The molecule has 8 heteroatoms. The van der Waals surface area contributed by atoms with Crippen LogP contribution in [-0.2, 0) is 11.2 Å². The molecule has 0 radical (unpaired) electrons. The number of nitrogens with zero attached hydrogens (tertiary/aromatic N) is 2. The highest BCUT2D eigenvalue weighted by Gasteiger charge is 2.20. The summed E-state index contributed by atoms with van der Waals surface area (Å²) in [6, 6.07) is 4.25. The first kappa shape index (κ1) is 23.1. The molecule has 1 saturated heterocycles. The Labute approximate surface area is 181 Å². The molecular weight excluding hydrogens is 515 g/mol. The fraction of sp³-hybridized carbons (Fsp3) is 0.706. The Kier molecular flexibility index (Phi) is 11.6. The molecule has 2 rings (SSSR count). The molecule has 1 aromatic rings. The lowest BCUT2D eigenvalue weighted by atomic mass is 10.2. The molecule has 2 N–H and O–H groups in total. The molecule has 1 aliphatic heterocycles. The fourth-order valence-corrected chi connectivity index (χ4v) is 4.29. The molecule has 2 heterocycles. The minimum atomic E-state index is 0. The molecule has 0 aliphatic carbocycles. The van der Waals surface area contributed by atoms with Crippen molar-refractivity contribution >= 4 is 57.2 Å². The fourth-order valence-electron chi connectivity index (χ4n) is 2.81. The Morgan fingerprint density at radius 2 is 2.24 bits per heavy atom. The molecule has 0 amide bonds. The van der Waals surface area contributed by atoms with E-state index in [0.717, 1.165) is 51.7 Å². The Morgan fingerprint density at radius 1 is 1.44 bits per heavy atom. The van der Waals surface area contributed by atoms with Crippen LogP contribution >= 0.6 is 51.2 Å². The van der Waals surface area contributed by atoms with E-state index in [0.29, 0.717) is 5.92 Å². The van der Waals surface area contributed by atoms with Gasteiger partial charge in [-0.2, -0.15) is 0 Å². The Balaban J connectivity index is 0.00000312. The number of hydrogen-bond acceptors (Lipinski definition) is 4. The van der Waals surface area contributed by atoms with Crippen LogP contribution in [0.1, 0.15) is 18.7 Å². The van der Waals surface area contributed by atoms with Gasteiger partial charge in [0.25, 0.3) is 0 Å². The van der Waals surface area contributed by atoms with Crippen molar-refractivity contribution in [2.45, 2.75) is 26.4 Å². The molecule has 0 saturated carbocycles. The van der Waals surface area contributed by atoms with E-state index in [1.165, 1.54) is 8.66 Å². The monoisotopic (exact) mass is 544 g/mol. The first-order valence-electron chi connectivity index (χ1n) is 8.59. The maximum Gasteiger partial charge on any atom is 0.191 e. The molecule has 1 aromatic heterocycles. The van der Waals surface area contributed by atoms with Crippen LogP contribution in [0.25, 0.3) is 0 Å². The molecule has 5 nitrogen and oxygen atoms in total. The Hall–Kier alpha value is 0.1000. The lowest BCUT2D eigenvalue weighted by Gasteiger charge is -2.34. The number of aliphatic imine (C=N–C) groups is 1. The predicted molar refractivity (Wildman–Crippen MR) is 122 cm³/mol. The first-order chi connectivity index (χ1) is 11.6. The molecule has 1 fully saturated rings. The average molecular weight is 545 g/mol. The number of halogens is 2. The maximum atomic E-state index is 5.87. The quantitative estimate of drug-likeness (QED) is 0.314. The van der Waals surface area contributed by atoms with E-state index in [9.17, 15) is 0 Å². The van der Waals surface area contributed by atoms with Crippen molar-refractivity contribution in [1.29, 1.82) is 0 Å². The summed E-state index contributed by atoms with van der Waals surface area (Å²) in [6.45, 7) is 10.2. The normalized spacial score (nSPS) is 18.9. The van der Waals surface area contributed by atoms with Gasteiger partial charge in [0.1, 0.15) is 0 Å². The van der Waals surface area contributed by atoms with Crippen molar-refractivity contribution < 1.29 is 4.74 Å². The van der Waals surface area contributed by atoms with Gasteiger partial charge in [-0.05, 0) is 40.4 Å². The third-order valence-electron chi connectivity index (χ3n) is 3.86. The van der Waals surface area contributed by atoms with Gasteiger partial charge in [-0.1, -0.05) is 13.8 Å². The highest BCUT2D eigenvalue weighted by Crippen LogP contribution is 2.22. The number of rotatable bonds is 7. The zero-order valence-corrected chi connectivity index (χ0v) is 20.0. The summed E-state index contributed by atoms with van der Waals surface area (Å²) in [5.41, 5.74) is 0. The van der Waals surface area contributed by atoms with Crippen LogP contribution in [0.5, 0.6) is 0 Å². The SMILES string of the molecule is CN=C(NCCc1ccc(Br)s1)NCC1CN(CC(C)C)CCO1.I. The van der Waals surface area contributed by atoms with Crippen molar-refractivity contribution in [1.82, 2.24) is 15.5 Å². The summed E-state index contributed by atoms with van der Waals surface area (Å²) in [4.78, 5) is 8.15. The largest absolute Gasteiger partial charge is 0.374 e. The third kappa shape index (κ3) is 9.03. The van der Waals surface area contributed by atoms with Crippen molar-refractivity contribution in [2.24, 2.45) is 10.9 Å². The molecule has 0 spiro atoms. The van der Waals surface area contributed by atoms with E-state index in [1.807, 2.05) is 7.05 Å². The first-order valence-corrected chi connectivity index (χ1v) is 10.2. The van der Waals surface area contributed by atoms with Crippen LogP contribution in [0.15, 0.2) is 20.9 Å². The molecule has 144 valence electrons. The van der Waals surface area contributed by atoms with E-state index in [-0.39, 0.29) is 30.1 Å². The molecule has 25 heavy (non-hydrogen) atoms. The van der Waals surface area contributed by atoms with Gasteiger partial charge in [0, 0.05) is 44.6 Å². The van der Waals surface area contributed by atoms with Crippen molar-refractivity contribution in [3.63, 3.8) is 0 Å². The minimum Gasteiger partial charge on any atom is -0.374 e. The van der Waals surface area contributed by atoms with Crippen LogP contribution in [0.4, 0.5) is 0 Å². The van der Waals surface area contributed by atoms with Crippen LogP contribution in [0.2, 0.25) is 0 Å². The van der Waals surface area contributed by atoms with Gasteiger partial charge in [0.2, 0.25) is 0 Å². The second-order valence-electron chi connectivity index (χ2n) is 6.48. The van der Waals surface area contributed by atoms with Crippen LogP contribution in [-0.4, -0.2) is 63.3 Å². The van der Waals surface area contributed by atoms with E-state index in [1.54, 1.807) is 11.3 Å². The average Bonchev–Trinajstić information content (AvgIpc) is 2.96. The number of hydrogen-bond donors (Lipinski definition) is 2. The number of guanidine groups is 1. The highest BCUT2D eigenvalue weighted by atomic mass is 127. The molecule has 1 atom stereocenters. The molecule has 1 aliphatic rings. The summed E-state index contributed by atoms with van der Waals surface area (Å²) in [7, 11) is 1.81. The van der Waals surface area contributed by atoms with Gasteiger partial charge >= 0.3 is 0 Å². The predicted octanol–water partition coefficient (Wildman–Crippen LogP) is 3.19. The Morgan fingerprint density at radius 3 is 2.88 bits per heavy atom. The van der Waals surface area contributed by atoms with Crippen molar-refractivity contribution in [2.75, 3.05) is 46.4 Å². The van der Waals surface area contributed by atoms with E-state index in [4.69, 9.17) is 4.74 Å². The van der Waals surface area contributed by atoms with Crippen LogP contribution < -0.4 is 10.6 Å². The maximum absolute atomic E-state index is 5.87. The number of ether oxygens (including phenoxy) is 1. The summed E-state index contributed by atoms with van der Waals surface area (Å²) in [6.07, 6.45) is 1.23. The highest BCUT2D eigenvalue weighted by molar-refractivity contribution is 14.0. The van der Waals surface area contributed by atoms with Crippen molar-refractivity contribution in [3.05, 3.63) is 20.8 Å². The second kappa shape index (κ2) is 12.5. The van der Waals surface area contributed by atoms with E-state index in [2.05, 4.69) is 62.4 Å². The van der Waals surface area contributed by atoms with Gasteiger partial charge in [-0.15, -0.1) is 35.3 Å². The Bertz CT molecular complexity index is 527. The van der Waals surface area contributed by atoms with Crippen molar-refractivity contribution in [3.8, 4) is 0 Å². The van der Waals surface area contributed by atoms with Gasteiger partial charge in [0.15, 0.2) is 5.96 Å². The second-order valence-corrected chi connectivity index (χ2v) is 9.03. The molecule has 0 aromatic carbocycles. The minimum absolute atomic E-state index is 0. The zero-order chi connectivity index (χ0) is 17.4. The van der Waals surface area contributed by atoms with E-state index < -0.39 is 0 Å². The summed E-state index contributed by atoms with van der Waals surface area (Å²) in [5, 5.41) is 6.76. The lowest BCUT2D eigenvalue weighted by molar-refractivity contribution is -0.0284. The topological polar surface area (TPSA) is 48.9 Å². The number of thiophene rings is 1. The zero-order valence-electron chi connectivity index (χ0n) is 15.3. The van der Waals surface area contributed by atoms with Crippen LogP contribution in [0, 0.1) is 5.92 Å². The van der Waals surface area contributed by atoms with Gasteiger partial charge in [0.05, 0.1) is 16.5 Å². The van der Waals surface area contributed by atoms with Crippen LogP contribution in [0.3, 0.4) is 0 Å². The number of nitrogens with one attached hydrogen (secondary N) is 2. The van der Waals surface area contributed by atoms with Gasteiger partial charge in [-0.3, -0.25) is 9.89 Å². The summed E-state index contributed by atoms with van der Waals surface area (Å²) in [5.74, 6) is 1.54. The van der Waals surface area contributed by atoms with E-state index >= 15 is 0 Å². The van der Waals surface area contributed by atoms with Gasteiger partial charge in [-0.25, -0.2) is 0 Å². The molecular formula is C17H30BrIN4OS. The number of morpholine rings is 1. The summed E-state index contributed by atoms with van der Waals surface area (Å²) < 4.78 is 7.05. The molecule has 0 bridgehead atoms. The smallest absolute Gasteiger partial charge is 0.191 e. The third-order valence-corrected chi connectivity index (χ3v) is 5.54. The lowest BCUT2D eigenvalue weighted by Crippen LogP contribution is -2.50. The standard InChI is InChI=1S/C17H29BrN4OS.HI/c1-13(2)11-22-8-9-23-14(12-22)10-21-17(19-3)20-7-6-15-4-5-16(18)24-15;/h4-5,13-14H,6-12H2,1-3H3,(H2,19,20,21);1H. The van der Waals surface area contributed by atoms with Gasteiger partial charge < -0.3 is 15.4 Å².